The van der Waals surface area contributed by atoms with Crippen molar-refractivity contribution in [3.8, 4) is 0 Å². The summed E-state index contributed by atoms with van der Waals surface area (Å²) in [7, 11) is 0. The number of aliphatic carboxylic acids is 1. The summed E-state index contributed by atoms with van der Waals surface area (Å²) in [4.78, 5) is 22.1. The maximum absolute atomic E-state index is 11.2. The van der Waals surface area contributed by atoms with Crippen LogP contribution in [0, 0.1) is 5.92 Å². The third kappa shape index (κ3) is 4.73. The van der Waals surface area contributed by atoms with Gasteiger partial charge in [-0.3, -0.25) is 14.8 Å². The first-order valence-electron chi connectivity index (χ1n) is 8.71. The SMILES string of the molecule is O=C(O)C1CCCN(CC/C=C(/c2ccccc2)c2cnccn2)C1. The van der Waals surface area contributed by atoms with Gasteiger partial charge in [-0.25, -0.2) is 0 Å². The minimum atomic E-state index is -0.676. The molecule has 5 heteroatoms. The summed E-state index contributed by atoms with van der Waals surface area (Å²) in [6.07, 6.45) is 9.93. The Bertz CT molecular complexity index is 675. The minimum Gasteiger partial charge on any atom is -0.481 e. The lowest BCUT2D eigenvalue weighted by molar-refractivity contribution is -0.143. The molecule has 1 saturated heterocycles. The van der Waals surface area contributed by atoms with Gasteiger partial charge in [0, 0.05) is 31.1 Å². The molecular weight excluding hydrogens is 314 g/mol. The third-order valence-corrected chi connectivity index (χ3v) is 4.57. The Hall–Kier alpha value is -2.53. The van der Waals surface area contributed by atoms with Crippen LogP contribution in [0.15, 0.2) is 55.0 Å². The Labute approximate surface area is 148 Å². The van der Waals surface area contributed by atoms with Gasteiger partial charge in [-0.1, -0.05) is 36.4 Å². The second-order valence-electron chi connectivity index (χ2n) is 6.34. The van der Waals surface area contributed by atoms with Gasteiger partial charge in [0.1, 0.15) is 0 Å². The first kappa shape index (κ1) is 17.3. The van der Waals surface area contributed by atoms with Crippen LogP contribution in [0.1, 0.15) is 30.5 Å². The van der Waals surface area contributed by atoms with Crippen molar-refractivity contribution in [2.45, 2.75) is 19.3 Å². The van der Waals surface area contributed by atoms with Crippen LogP contribution in [0.4, 0.5) is 0 Å². The number of piperidine rings is 1. The van der Waals surface area contributed by atoms with E-state index in [1.807, 2.05) is 18.2 Å². The van der Waals surface area contributed by atoms with E-state index >= 15 is 0 Å². The highest BCUT2D eigenvalue weighted by atomic mass is 16.4. The number of likely N-dealkylation sites (tertiary alicyclic amines) is 1. The van der Waals surface area contributed by atoms with Crippen LogP contribution in [0.5, 0.6) is 0 Å². The summed E-state index contributed by atoms with van der Waals surface area (Å²) >= 11 is 0. The van der Waals surface area contributed by atoms with Gasteiger partial charge in [0.05, 0.1) is 17.8 Å². The summed E-state index contributed by atoms with van der Waals surface area (Å²) in [5, 5.41) is 9.21. The number of rotatable bonds is 6. The van der Waals surface area contributed by atoms with Crippen molar-refractivity contribution in [3.05, 3.63) is 66.3 Å². The van der Waals surface area contributed by atoms with Gasteiger partial charge >= 0.3 is 5.97 Å². The van der Waals surface area contributed by atoms with E-state index in [0.29, 0.717) is 6.54 Å². The zero-order valence-corrected chi connectivity index (χ0v) is 14.2. The largest absolute Gasteiger partial charge is 0.481 e. The number of hydrogen-bond donors (Lipinski definition) is 1. The van der Waals surface area contributed by atoms with E-state index < -0.39 is 5.97 Å². The smallest absolute Gasteiger partial charge is 0.307 e. The molecule has 0 saturated carbocycles. The maximum atomic E-state index is 11.2. The molecule has 0 spiro atoms. The van der Waals surface area contributed by atoms with E-state index in [9.17, 15) is 9.90 Å². The summed E-state index contributed by atoms with van der Waals surface area (Å²) in [6, 6.07) is 10.2. The average Bonchev–Trinajstić information content (AvgIpc) is 2.67. The fourth-order valence-corrected chi connectivity index (χ4v) is 3.28. The molecule has 1 fully saturated rings. The monoisotopic (exact) mass is 337 g/mol. The summed E-state index contributed by atoms with van der Waals surface area (Å²) < 4.78 is 0. The Morgan fingerprint density at radius 2 is 2.12 bits per heavy atom. The van der Waals surface area contributed by atoms with Crippen LogP contribution in [0.25, 0.3) is 5.57 Å². The molecule has 1 unspecified atom stereocenters. The Morgan fingerprint density at radius 1 is 1.28 bits per heavy atom. The van der Waals surface area contributed by atoms with E-state index in [4.69, 9.17) is 0 Å². The van der Waals surface area contributed by atoms with Gasteiger partial charge in [0.15, 0.2) is 0 Å². The lowest BCUT2D eigenvalue weighted by Crippen LogP contribution is -2.39. The van der Waals surface area contributed by atoms with Crippen molar-refractivity contribution < 1.29 is 9.90 Å². The molecular formula is C20H23N3O2. The Kier molecular flexibility index (Phi) is 5.90. The van der Waals surface area contributed by atoms with E-state index in [1.165, 1.54) is 0 Å². The normalized spacial score (nSPS) is 18.9. The van der Waals surface area contributed by atoms with Crippen LogP contribution in [0.3, 0.4) is 0 Å². The summed E-state index contributed by atoms with van der Waals surface area (Å²) in [5.74, 6) is -0.906. The molecule has 1 aromatic heterocycles. The molecule has 5 nitrogen and oxygen atoms in total. The van der Waals surface area contributed by atoms with Crippen LogP contribution < -0.4 is 0 Å². The molecule has 130 valence electrons. The number of carboxylic acid groups (broad SMARTS) is 1. The van der Waals surface area contributed by atoms with Gasteiger partial charge < -0.3 is 10.0 Å². The first-order chi connectivity index (χ1) is 12.2. The molecule has 1 N–H and O–H groups in total. The molecule has 0 bridgehead atoms. The molecule has 0 aliphatic carbocycles. The molecule has 1 aliphatic rings. The molecule has 1 aliphatic heterocycles. The van der Waals surface area contributed by atoms with Gasteiger partial charge in [0.25, 0.3) is 0 Å². The Morgan fingerprint density at radius 3 is 2.84 bits per heavy atom. The fourth-order valence-electron chi connectivity index (χ4n) is 3.28. The molecule has 0 amide bonds. The molecule has 1 aromatic carbocycles. The predicted molar refractivity (Wildman–Crippen MR) is 97.0 cm³/mol. The molecule has 3 rings (SSSR count). The first-order valence-corrected chi connectivity index (χ1v) is 8.71. The average molecular weight is 337 g/mol. The van der Waals surface area contributed by atoms with E-state index in [-0.39, 0.29) is 5.92 Å². The standard InChI is InChI=1S/C20H23N3O2/c24-20(25)17-8-4-12-23(15-17)13-5-9-18(16-6-2-1-3-7-16)19-14-21-10-11-22-19/h1-3,6-7,9-11,14,17H,4-5,8,12-13,15H2,(H,24,25)/b18-9-. The molecule has 0 radical (unpaired) electrons. The predicted octanol–water partition coefficient (Wildman–Crippen LogP) is 3.10. The van der Waals surface area contributed by atoms with Crippen molar-refractivity contribution in [2.24, 2.45) is 5.92 Å². The summed E-state index contributed by atoms with van der Waals surface area (Å²) in [5.41, 5.74) is 3.04. The zero-order chi connectivity index (χ0) is 17.5. The second kappa shape index (κ2) is 8.53. The number of hydrogen-bond acceptors (Lipinski definition) is 4. The highest BCUT2D eigenvalue weighted by Gasteiger charge is 2.24. The zero-order valence-electron chi connectivity index (χ0n) is 14.2. The van der Waals surface area contributed by atoms with Crippen LogP contribution in [-0.2, 0) is 4.79 Å². The van der Waals surface area contributed by atoms with Crippen molar-refractivity contribution in [1.82, 2.24) is 14.9 Å². The Balaban J connectivity index is 1.70. The van der Waals surface area contributed by atoms with Crippen molar-refractivity contribution in [2.75, 3.05) is 19.6 Å². The fraction of sp³-hybridized carbons (Fsp3) is 0.350. The van der Waals surface area contributed by atoms with Gasteiger partial charge in [-0.2, -0.15) is 0 Å². The number of benzene rings is 1. The van der Waals surface area contributed by atoms with Crippen molar-refractivity contribution in [1.29, 1.82) is 0 Å². The maximum Gasteiger partial charge on any atom is 0.307 e. The van der Waals surface area contributed by atoms with Crippen LogP contribution in [0.2, 0.25) is 0 Å². The van der Waals surface area contributed by atoms with E-state index in [0.717, 1.165) is 49.2 Å². The van der Waals surface area contributed by atoms with Gasteiger partial charge in [-0.05, 0) is 31.4 Å². The number of carbonyl (C=O) groups is 1. The van der Waals surface area contributed by atoms with E-state index in [1.54, 1.807) is 18.6 Å². The highest BCUT2D eigenvalue weighted by molar-refractivity contribution is 5.77. The van der Waals surface area contributed by atoms with Gasteiger partial charge in [0.2, 0.25) is 0 Å². The van der Waals surface area contributed by atoms with Gasteiger partial charge in [-0.15, -0.1) is 0 Å². The van der Waals surface area contributed by atoms with Crippen LogP contribution >= 0.6 is 0 Å². The van der Waals surface area contributed by atoms with Crippen LogP contribution in [-0.4, -0.2) is 45.6 Å². The lowest BCUT2D eigenvalue weighted by Gasteiger charge is -2.30. The third-order valence-electron chi connectivity index (χ3n) is 4.57. The highest BCUT2D eigenvalue weighted by Crippen LogP contribution is 2.22. The minimum absolute atomic E-state index is 0.230. The van der Waals surface area contributed by atoms with Crippen molar-refractivity contribution in [3.63, 3.8) is 0 Å². The number of aromatic nitrogens is 2. The number of nitrogens with zero attached hydrogens (tertiary/aromatic N) is 3. The molecule has 25 heavy (non-hydrogen) atoms. The molecule has 1 atom stereocenters. The topological polar surface area (TPSA) is 66.3 Å². The number of carboxylic acids is 1. The van der Waals surface area contributed by atoms with E-state index in [2.05, 4.69) is 33.1 Å². The second-order valence-corrected chi connectivity index (χ2v) is 6.34. The van der Waals surface area contributed by atoms with Crippen molar-refractivity contribution >= 4 is 11.5 Å². The molecule has 2 heterocycles. The summed E-state index contributed by atoms with van der Waals surface area (Å²) in [6.45, 7) is 2.48. The quantitative estimate of drug-likeness (QED) is 0.877. The molecule has 2 aromatic rings. The lowest BCUT2D eigenvalue weighted by atomic mass is 9.98.